The van der Waals surface area contributed by atoms with Crippen molar-refractivity contribution in [2.45, 2.75) is 39.0 Å². The summed E-state index contributed by atoms with van der Waals surface area (Å²) in [6, 6.07) is 4.93. The summed E-state index contributed by atoms with van der Waals surface area (Å²) < 4.78 is 10.1. The maximum atomic E-state index is 12.0. The highest BCUT2D eigenvalue weighted by Crippen LogP contribution is 2.19. The number of fused-ring (bicyclic) bond motifs is 1. The highest BCUT2D eigenvalue weighted by Gasteiger charge is 2.21. The maximum absolute atomic E-state index is 12.0. The Morgan fingerprint density at radius 2 is 2.12 bits per heavy atom. The number of aromatic amines is 1. The van der Waals surface area contributed by atoms with Gasteiger partial charge in [-0.25, -0.2) is 4.79 Å². The van der Waals surface area contributed by atoms with E-state index in [1.54, 1.807) is 18.2 Å². The van der Waals surface area contributed by atoms with Crippen molar-refractivity contribution in [3.63, 3.8) is 0 Å². The summed E-state index contributed by atoms with van der Waals surface area (Å²) in [5, 5.41) is 6.68. The van der Waals surface area contributed by atoms with Gasteiger partial charge in [0.1, 0.15) is 0 Å². The normalized spacial score (nSPS) is 11.8. The number of nitrogens with one attached hydrogen (secondary N) is 2. The van der Waals surface area contributed by atoms with Gasteiger partial charge in [0.2, 0.25) is 11.8 Å². The molecule has 0 aliphatic rings. The van der Waals surface area contributed by atoms with Gasteiger partial charge >= 0.3 is 5.76 Å². The van der Waals surface area contributed by atoms with Crippen molar-refractivity contribution in [3.8, 4) is 0 Å². The summed E-state index contributed by atoms with van der Waals surface area (Å²) in [4.78, 5) is 30.0. The molecule has 0 saturated heterocycles. The van der Waals surface area contributed by atoms with Gasteiger partial charge in [-0.1, -0.05) is 25.9 Å². The molecular formula is C16H18N4O4. The number of anilines is 1. The van der Waals surface area contributed by atoms with Crippen LogP contribution in [0.3, 0.4) is 0 Å². The zero-order chi connectivity index (χ0) is 17.3. The van der Waals surface area contributed by atoms with E-state index in [4.69, 9.17) is 8.94 Å². The molecule has 8 nitrogen and oxygen atoms in total. The van der Waals surface area contributed by atoms with E-state index < -0.39 is 5.76 Å². The number of aryl methyl sites for hydroxylation is 1. The first-order valence-corrected chi connectivity index (χ1v) is 7.57. The third-order valence-electron chi connectivity index (χ3n) is 3.41. The number of hydrogen-bond acceptors (Lipinski definition) is 6. The van der Waals surface area contributed by atoms with Gasteiger partial charge in [-0.15, -0.1) is 0 Å². The van der Waals surface area contributed by atoms with E-state index in [-0.39, 0.29) is 17.7 Å². The predicted molar refractivity (Wildman–Crippen MR) is 86.8 cm³/mol. The largest absolute Gasteiger partial charge is 0.417 e. The number of H-pyrrole nitrogens is 1. The van der Waals surface area contributed by atoms with Crippen LogP contribution < -0.4 is 11.1 Å². The van der Waals surface area contributed by atoms with Crippen LogP contribution in [-0.2, 0) is 16.6 Å². The summed E-state index contributed by atoms with van der Waals surface area (Å²) in [5.41, 5.74) is 1.36. The number of aromatic nitrogens is 3. The Morgan fingerprint density at radius 1 is 1.33 bits per heavy atom. The molecule has 24 heavy (non-hydrogen) atoms. The summed E-state index contributed by atoms with van der Waals surface area (Å²) in [6.07, 6.45) is 0.575. The van der Waals surface area contributed by atoms with E-state index in [0.717, 1.165) is 0 Å². The SMILES string of the molecule is CC(C)(C)c1noc(CCC(=O)Nc2ccc3oc(=O)[nH]c3c2)n1. The second kappa shape index (κ2) is 5.95. The minimum Gasteiger partial charge on any atom is -0.408 e. The minimum atomic E-state index is -0.528. The molecular weight excluding hydrogens is 312 g/mol. The van der Waals surface area contributed by atoms with E-state index in [1.165, 1.54) is 0 Å². The summed E-state index contributed by atoms with van der Waals surface area (Å²) in [5.74, 6) is 0.340. The van der Waals surface area contributed by atoms with Gasteiger partial charge in [-0.05, 0) is 18.2 Å². The van der Waals surface area contributed by atoms with Crippen molar-refractivity contribution >= 4 is 22.7 Å². The second-order valence-electron chi connectivity index (χ2n) is 6.54. The van der Waals surface area contributed by atoms with E-state index in [2.05, 4.69) is 20.4 Å². The van der Waals surface area contributed by atoms with Crippen molar-refractivity contribution in [2.24, 2.45) is 0 Å². The molecule has 0 bridgehead atoms. The first-order valence-electron chi connectivity index (χ1n) is 7.57. The highest BCUT2D eigenvalue weighted by molar-refractivity contribution is 5.92. The molecule has 2 aromatic heterocycles. The molecule has 8 heteroatoms. The topological polar surface area (TPSA) is 114 Å². The van der Waals surface area contributed by atoms with Crippen molar-refractivity contribution in [2.75, 3.05) is 5.32 Å². The molecule has 0 aliphatic carbocycles. The van der Waals surface area contributed by atoms with E-state index >= 15 is 0 Å². The van der Waals surface area contributed by atoms with Crippen molar-refractivity contribution in [1.82, 2.24) is 15.1 Å². The number of benzene rings is 1. The Morgan fingerprint density at radius 3 is 2.83 bits per heavy atom. The van der Waals surface area contributed by atoms with Crippen LogP contribution in [0, 0.1) is 0 Å². The highest BCUT2D eigenvalue weighted by atomic mass is 16.5. The fourth-order valence-electron chi connectivity index (χ4n) is 2.13. The van der Waals surface area contributed by atoms with Gasteiger partial charge in [0.25, 0.3) is 0 Å². The van der Waals surface area contributed by atoms with E-state index in [1.807, 2.05) is 20.8 Å². The van der Waals surface area contributed by atoms with Crippen LogP contribution in [0.15, 0.2) is 31.9 Å². The molecule has 3 rings (SSSR count). The lowest BCUT2D eigenvalue weighted by molar-refractivity contribution is -0.116. The Kier molecular flexibility index (Phi) is 3.96. The molecule has 0 atom stereocenters. The smallest absolute Gasteiger partial charge is 0.408 e. The molecule has 3 aromatic rings. The molecule has 1 aromatic carbocycles. The number of amides is 1. The standard InChI is InChI=1S/C16H18N4O4/c1-16(2,3)14-19-13(24-20-14)7-6-12(21)17-9-4-5-11-10(8-9)18-15(22)23-11/h4-5,8H,6-7H2,1-3H3,(H,17,21)(H,18,22). The Bertz CT molecular complexity index is 929. The van der Waals surface area contributed by atoms with Crippen LogP contribution in [0.2, 0.25) is 0 Å². The summed E-state index contributed by atoms with van der Waals surface area (Å²) in [7, 11) is 0. The average Bonchev–Trinajstić information content (AvgIpc) is 3.09. The van der Waals surface area contributed by atoms with E-state index in [9.17, 15) is 9.59 Å². The fourth-order valence-corrected chi connectivity index (χ4v) is 2.13. The first kappa shape index (κ1) is 16.0. The number of carbonyl (C=O) groups is 1. The quantitative estimate of drug-likeness (QED) is 0.759. The Balaban J connectivity index is 1.60. The van der Waals surface area contributed by atoms with Gasteiger partial charge < -0.3 is 14.3 Å². The van der Waals surface area contributed by atoms with Crippen LogP contribution in [0.4, 0.5) is 5.69 Å². The van der Waals surface area contributed by atoms with Gasteiger partial charge in [0, 0.05) is 23.9 Å². The monoisotopic (exact) mass is 330 g/mol. The van der Waals surface area contributed by atoms with Crippen LogP contribution in [0.1, 0.15) is 38.9 Å². The molecule has 0 unspecified atom stereocenters. The molecule has 0 aliphatic heterocycles. The number of oxazole rings is 1. The molecule has 0 fully saturated rings. The van der Waals surface area contributed by atoms with Gasteiger partial charge in [-0.3, -0.25) is 9.78 Å². The minimum absolute atomic E-state index is 0.185. The molecule has 0 radical (unpaired) electrons. The molecule has 0 saturated carbocycles. The van der Waals surface area contributed by atoms with Crippen molar-refractivity contribution in [3.05, 3.63) is 40.5 Å². The van der Waals surface area contributed by atoms with Crippen LogP contribution in [0.25, 0.3) is 11.1 Å². The van der Waals surface area contributed by atoms with Crippen LogP contribution in [-0.4, -0.2) is 21.0 Å². The molecule has 0 spiro atoms. The first-order chi connectivity index (χ1) is 11.3. The molecule has 1 amide bonds. The van der Waals surface area contributed by atoms with Gasteiger partial charge in [0.15, 0.2) is 11.4 Å². The zero-order valence-electron chi connectivity index (χ0n) is 13.7. The molecule has 126 valence electrons. The number of nitrogens with zero attached hydrogens (tertiary/aromatic N) is 2. The lowest BCUT2D eigenvalue weighted by Crippen LogP contribution is -2.14. The lowest BCUT2D eigenvalue weighted by atomic mass is 9.96. The lowest BCUT2D eigenvalue weighted by Gasteiger charge is -2.10. The average molecular weight is 330 g/mol. The number of carbonyl (C=O) groups excluding carboxylic acids is 1. The van der Waals surface area contributed by atoms with Gasteiger partial charge in [0.05, 0.1) is 5.52 Å². The molecule has 2 heterocycles. The van der Waals surface area contributed by atoms with Crippen molar-refractivity contribution in [1.29, 1.82) is 0 Å². The third kappa shape index (κ3) is 3.53. The molecule has 2 N–H and O–H groups in total. The fraction of sp³-hybridized carbons (Fsp3) is 0.375. The Labute approximate surface area is 137 Å². The Hall–Kier alpha value is -2.90. The van der Waals surface area contributed by atoms with Crippen molar-refractivity contribution < 1.29 is 13.7 Å². The summed E-state index contributed by atoms with van der Waals surface area (Å²) in [6.45, 7) is 5.97. The third-order valence-corrected chi connectivity index (χ3v) is 3.41. The maximum Gasteiger partial charge on any atom is 0.417 e. The second-order valence-corrected chi connectivity index (χ2v) is 6.54. The summed E-state index contributed by atoms with van der Waals surface area (Å²) >= 11 is 0. The predicted octanol–water partition coefficient (Wildman–Crippen LogP) is 2.37. The van der Waals surface area contributed by atoms with Gasteiger partial charge in [-0.2, -0.15) is 4.98 Å². The van der Waals surface area contributed by atoms with E-state index in [0.29, 0.717) is 34.9 Å². The number of rotatable bonds is 4. The number of hydrogen-bond donors (Lipinski definition) is 2. The zero-order valence-corrected chi connectivity index (χ0v) is 13.7. The van der Waals surface area contributed by atoms with Crippen LogP contribution >= 0.6 is 0 Å². The van der Waals surface area contributed by atoms with Crippen LogP contribution in [0.5, 0.6) is 0 Å².